The van der Waals surface area contributed by atoms with Crippen LogP contribution in [0.5, 0.6) is 0 Å². The van der Waals surface area contributed by atoms with E-state index in [2.05, 4.69) is 76.2 Å². The molecule has 2 aliphatic heterocycles. The van der Waals surface area contributed by atoms with Gasteiger partial charge in [0, 0.05) is 12.8 Å². The zero-order valence-corrected chi connectivity index (χ0v) is 21.7. The van der Waals surface area contributed by atoms with Crippen LogP contribution in [0.15, 0.2) is 0 Å². The van der Waals surface area contributed by atoms with E-state index in [1.54, 1.807) is 7.11 Å². The lowest BCUT2D eigenvalue weighted by atomic mass is 9.49. The van der Waals surface area contributed by atoms with Crippen LogP contribution in [0.25, 0.3) is 0 Å². The average Bonchev–Trinajstić information content (AvgIpc) is 2.91. The Balaban J connectivity index is 2.13. The fourth-order valence-electron chi connectivity index (χ4n) is 4.04. The van der Waals surface area contributed by atoms with Crippen molar-refractivity contribution in [2.45, 2.75) is 136 Å². The highest BCUT2D eigenvalue weighted by atomic mass is 16.7. The summed E-state index contributed by atoms with van der Waals surface area (Å²) in [6.07, 6.45) is 4.23. The maximum absolute atomic E-state index is 6.45. The SMILES string of the molecule is COC(C)(C)CCCC(C)CC(B1OC(C)(C)C(C)(C)O1)B1OC(C)(C)C(C)(C)O1. The molecule has 2 saturated heterocycles. The zero-order chi connectivity index (χ0) is 23.2. The summed E-state index contributed by atoms with van der Waals surface area (Å²) >= 11 is 0. The standard InChI is InChI=1S/C23H46B2O5/c1-17(14-13-15-19(2,3)26-12)16-18(24-27-20(4,5)21(6,7)28-24)25-29-22(8,9)23(10,11)30-25/h17-18H,13-16H2,1-12H3. The first-order chi connectivity index (χ1) is 13.4. The van der Waals surface area contributed by atoms with Crippen molar-refractivity contribution in [1.82, 2.24) is 0 Å². The maximum atomic E-state index is 6.45. The van der Waals surface area contributed by atoms with Gasteiger partial charge in [-0.25, -0.2) is 0 Å². The van der Waals surface area contributed by atoms with Crippen LogP contribution in [0.1, 0.15) is 102 Å². The van der Waals surface area contributed by atoms with Gasteiger partial charge in [-0.15, -0.1) is 0 Å². The summed E-state index contributed by atoms with van der Waals surface area (Å²) in [6, 6.07) is 0. The quantitative estimate of drug-likeness (QED) is 0.445. The molecule has 2 aliphatic rings. The Morgan fingerprint density at radius 3 is 1.47 bits per heavy atom. The van der Waals surface area contributed by atoms with E-state index in [-0.39, 0.29) is 48.0 Å². The summed E-state index contributed by atoms with van der Waals surface area (Å²) in [5.41, 5.74) is -1.54. The largest absolute Gasteiger partial charge is 0.458 e. The van der Waals surface area contributed by atoms with Gasteiger partial charge >= 0.3 is 14.2 Å². The highest BCUT2D eigenvalue weighted by molar-refractivity contribution is 6.68. The topological polar surface area (TPSA) is 46.2 Å². The normalized spacial score (nSPS) is 25.9. The Hall–Kier alpha value is -0.0701. The van der Waals surface area contributed by atoms with Gasteiger partial charge in [-0.05, 0) is 81.6 Å². The van der Waals surface area contributed by atoms with Gasteiger partial charge in [0.15, 0.2) is 0 Å². The first-order valence-corrected chi connectivity index (χ1v) is 11.7. The van der Waals surface area contributed by atoms with E-state index < -0.39 is 0 Å². The van der Waals surface area contributed by atoms with Crippen molar-refractivity contribution in [3.63, 3.8) is 0 Å². The van der Waals surface area contributed by atoms with Crippen molar-refractivity contribution in [1.29, 1.82) is 0 Å². The molecule has 0 saturated carbocycles. The van der Waals surface area contributed by atoms with E-state index in [1.165, 1.54) is 0 Å². The molecule has 0 N–H and O–H groups in total. The fraction of sp³-hybridized carbons (Fsp3) is 1.00. The summed E-state index contributed by atoms with van der Waals surface area (Å²) in [6.45, 7) is 23.4. The van der Waals surface area contributed by atoms with Crippen LogP contribution in [-0.4, -0.2) is 49.4 Å². The second kappa shape index (κ2) is 8.70. The summed E-state index contributed by atoms with van der Waals surface area (Å²) in [4.78, 5) is 0. The summed E-state index contributed by atoms with van der Waals surface area (Å²) in [7, 11) is 1.10. The third-order valence-corrected chi connectivity index (χ3v) is 7.95. The molecule has 1 atom stereocenters. The molecule has 0 radical (unpaired) electrons. The Bertz CT molecular complexity index is 520. The van der Waals surface area contributed by atoms with Crippen LogP contribution in [-0.2, 0) is 23.4 Å². The zero-order valence-electron chi connectivity index (χ0n) is 21.7. The highest BCUT2D eigenvalue weighted by Crippen LogP contribution is 2.47. The molecule has 0 aromatic carbocycles. The summed E-state index contributed by atoms with van der Waals surface area (Å²) in [5.74, 6) is 0.501. The molecule has 0 amide bonds. The van der Waals surface area contributed by atoms with Crippen molar-refractivity contribution in [3.05, 3.63) is 0 Å². The molecule has 174 valence electrons. The average molecular weight is 424 g/mol. The molecule has 2 rings (SSSR count). The second-order valence-corrected chi connectivity index (χ2v) is 12.1. The van der Waals surface area contributed by atoms with Gasteiger partial charge in [0.1, 0.15) is 0 Å². The lowest BCUT2D eigenvalue weighted by Gasteiger charge is -2.32. The molecule has 0 aromatic rings. The van der Waals surface area contributed by atoms with E-state index in [9.17, 15) is 0 Å². The predicted molar refractivity (Wildman–Crippen MR) is 125 cm³/mol. The fourth-order valence-corrected chi connectivity index (χ4v) is 4.04. The number of methoxy groups -OCH3 is 1. The van der Waals surface area contributed by atoms with Gasteiger partial charge in [0.25, 0.3) is 0 Å². The van der Waals surface area contributed by atoms with Gasteiger partial charge in [-0.2, -0.15) is 0 Å². The number of hydrogen-bond acceptors (Lipinski definition) is 5. The third-order valence-electron chi connectivity index (χ3n) is 7.95. The number of ether oxygens (including phenoxy) is 1. The van der Waals surface area contributed by atoms with Gasteiger partial charge in [0.2, 0.25) is 0 Å². The van der Waals surface area contributed by atoms with Crippen molar-refractivity contribution in [2.75, 3.05) is 7.11 Å². The van der Waals surface area contributed by atoms with Gasteiger partial charge in [0.05, 0.1) is 28.0 Å². The van der Waals surface area contributed by atoms with Crippen molar-refractivity contribution < 1.29 is 23.4 Å². The molecule has 2 heterocycles. The van der Waals surface area contributed by atoms with Crippen molar-refractivity contribution in [3.8, 4) is 0 Å². The molecule has 0 aromatic heterocycles. The lowest BCUT2D eigenvalue weighted by Crippen LogP contribution is -2.41. The minimum absolute atomic E-state index is 0.0116. The minimum atomic E-state index is -0.370. The van der Waals surface area contributed by atoms with E-state index in [1.807, 2.05) is 0 Å². The first-order valence-electron chi connectivity index (χ1n) is 11.7. The number of hydrogen-bond donors (Lipinski definition) is 0. The van der Waals surface area contributed by atoms with Crippen LogP contribution in [0.3, 0.4) is 0 Å². The maximum Gasteiger partial charge on any atom is 0.458 e. The third kappa shape index (κ3) is 5.64. The molecule has 0 spiro atoms. The van der Waals surface area contributed by atoms with Gasteiger partial charge in [-0.3, -0.25) is 0 Å². The lowest BCUT2D eigenvalue weighted by molar-refractivity contribution is 0.00578. The Morgan fingerprint density at radius 1 is 0.767 bits per heavy atom. The van der Waals surface area contributed by atoms with Crippen LogP contribution in [0.4, 0.5) is 0 Å². The molecule has 1 unspecified atom stereocenters. The predicted octanol–water partition coefficient (Wildman–Crippen LogP) is 5.70. The molecule has 0 bridgehead atoms. The molecular weight excluding hydrogens is 378 g/mol. The molecule has 2 fully saturated rings. The van der Waals surface area contributed by atoms with Crippen LogP contribution >= 0.6 is 0 Å². The second-order valence-electron chi connectivity index (χ2n) is 12.1. The Morgan fingerprint density at radius 2 is 1.13 bits per heavy atom. The Labute approximate surface area is 186 Å². The van der Waals surface area contributed by atoms with E-state index >= 15 is 0 Å². The Kier molecular flexibility index (Phi) is 7.59. The first kappa shape index (κ1) is 26.2. The van der Waals surface area contributed by atoms with Gasteiger partial charge < -0.3 is 23.4 Å². The minimum Gasteiger partial charge on any atom is -0.403 e. The van der Waals surface area contributed by atoms with Crippen molar-refractivity contribution in [2.24, 2.45) is 5.92 Å². The van der Waals surface area contributed by atoms with Crippen LogP contribution in [0, 0.1) is 5.92 Å². The molecule has 30 heavy (non-hydrogen) atoms. The smallest absolute Gasteiger partial charge is 0.403 e. The van der Waals surface area contributed by atoms with E-state index in [0.29, 0.717) is 5.92 Å². The number of rotatable bonds is 9. The highest BCUT2D eigenvalue weighted by Gasteiger charge is 2.61. The van der Waals surface area contributed by atoms with E-state index in [0.717, 1.165) is 25.7 Å². The summed E-state index contributed by atoms with van der Waals surface area (Å²) < 4.78 is 31.4. The molecule has 7 heteroatoms. The molecule has 5 nitrogen and oxygen atoms in total. The van der Waals surface area contributed by atoms with Gasteiger partial charge in [-0.1, -0.05) is 26.2 Å². The van der Waals surface area contributed by atoms with E-state index in [4.69, 9.17) is 23.4 Å². The monoisotopic (exact) mass is 424 g/mol. The van der Waals surface area contributed by atoms with Crippen LogP contribution in [0.2, 0.25) is 5.72 Å². The van der Waals surface area contributed by atoms with Crippen molar-refractivity contribution >= 4 is 14.2 Å². The molecular formula is C23H46B2O5. The summed E-state index contributed by atoms with van der Waals surface area (Å²) in [5, 5.41) is 0. The molecule has 0 aliphatic carbocycles. The van der Waals surface area contributed by atoms with Crippen LogP contribution < -0.4 is 0 Å².